The van der Waals surface area contributed by atoms with Gasteiger partial charge in [0.2, 0.25) is 0 Å². The topological polar surface area (TPSA) is 41.9 Å². The Morgan fingerprint density at radius 3 is 2.79 bits per heavy atom. The van der Waals surface area contributed by atoms with E-state index in [-0.39, 0.29) is 18.5 Å². The second kappa shape index (κ2) is 10.4. The van der Waals surface area contributed by atoms with Crippen LogP contribution in [0.25, 0.3) is 0 Å². The van der Waals surface area contributed by atoms with Crippen LogP contribution in [-0.4, -0.2) is 48.5 Å². The van der Waals surface area contributed by atoms with Crippen LogP contribution in [-0.2, 0) is 11.3 Å². The summed E-state index contributed by atoms with van der Waals surface area (Å²) < 4.78 is 25.4. The molecule has 0 bridgehead atoms. The number of benzene rings is 2. The summed E-state index contributed by atoms with van der Waals surface area (Å²) >= 11 is 12.0. The standard InChI is InChI=1S/C21H24Cl2FNO3/c22-16-7-8-21(19(23)10-16)28-14-17(26)12-25(13-18-5-3-9-27-18)11-15-4-1-2-6-20(15)24/h1-2,4,6-8,10,17-18,26H,3,5,9,11-14H2. The van der Waals surface area contributed by atoms with Gasteiger partial charge in [0.1, 0.15) is 24.3 Å². The van der Waals surface area contributed by atoms with E-state index < -0.39 is 6.10 Å². The largest absolute Gasteiger partial charge is 0.489 e. The van der Waals surface area contributed by atoms with E-state index in [1.54, 1.807) is 30.3 Å². The van der Waals surface area contributed by atoms with Crippen molar-refractivity contribution in [2.24, 2.45) is 0 Å². The number of rotatable bonds is 9. The van der Waals surface area contributed by atoms with Crippen LogP contribution in [0.3, 0.4) is 0 Å². The SMILES string of the molecule is OC(COc1ccc(Cl)cc1Cl)CN(Cc1ccccc1F)CC1CCCO1. The van der Waals surface area contributed by atoms with E-state index in [1.165, 1.54) is 6.07 Å². The number of halogens is 3. The third-order valence-electron chi connectivity index (χ3n) is 4.63. The van der Waals surface area contributed by atoms with Crippen molar-refractivity contribution in [2.45, 2.75) is 31.6 Å². The Balaban J connectivity index is 1.59. The van der Waals surface area contributed by atoms with Gasteiger partial charge >= 0.3 is 0 Å². The van der Waals surface area contributed by atoms with Gasteiger partial charge in [-0.05, 0) is 37.1 Å². The Morgan fingerprint density at radius 1 is 1.25 bits per heavy atom. The molecular weight excluding hydrogens is 404 g/mol. The smallest absolute Gasteiger partial charge is 0.138 e. The lowest BCUT2D eigenvalue weighted by Gasteiger charge is -2.27. The van der Waals surface area contributed by atoms with Gasteiger partial charge in [-0.15, -0.1) is 0 Å². The van der Waals surface area contributed by atoms with E-state index in [0.717, 1.165) is 19.4 Å². The summed E-state index contributed by atoms with van der Waals surface area (Å²) in [5.41, 5.74) is 0.592. The summed E-state index contributed by atoms with van der Waals surface area (Å²) in [7, 11) is 0. The lowest BCUT2D eigenvalue weighted by Crippen LogP contribution is -2.39. The zero-order chi connectivity index (χ0) is 19.9. The molecule has 1 N–H and O–H groups in total. The quantitative estimate of drug-likeness (QED) is 0.636. The zero-order valence-electron chi connectivity index (χ0n) is 15.5. The molecule has 0 aliphatic carbocycles. The molecule has 2 aromatic carbocycles. The number of aliphatic hydroxyl groups is 1. The van der Waals surface area contributed by atoms with Gasteiger partial charge in [-0.25, -0.2) is 4.39 Å². The fourth-order valence-corrected chi connectivity index (χ4v) is 3.74. The highest BCUT2D eigenvalue weighted by Crippen LogP contribution is 2.27. The molecule has 1 fully saturated rings. The van der Waals surface area contributed by atoms with Gasteiger partial charge in [0.05, 0.1) is 11.1 Å². The molecule has 28 heavy (non-hydrogen) atoms. The summed E-state index contributed by atoms with van der Waals surface area (Å²) in [5, 5.41) is 11.4. The molecule has 0 aromatic heterocycles. The van der Waals surface area contributed by atoms with Gasteiger partial charge in [-0.3, -0.25) is 4.90 Å². The first kappa shape index (κ1) is 21.3. The number of nitrogens with zero attached hydrogens (tertiary/aromatic N) is 1. The Labute approximate surface area is 174 Å². The number of hydrogen-bond acceptors (Lipinski definition) is 4. The molecule has 2 unspecified atom stereocenters. The average Bonchev–Trinajstić information content (AvgIpc) is 3.16. The Bertz CT molecular complexity index is 771. The van der Waals surface area contributed by atoms with Crippen molar-refractivity contribution in [3.05, 3.63) is 63.9 Å². The second-order valence-corrected chi connectivity index (χ2v) is 7.80. The molecule has 1 saturated heterocycles. The first-order valence-corrected chi connectivity index (χ1v) is 10.1. The van der Waals surface area contributed by atoms with E-state index >= 15 is 0 Å². The van der Waals surface area contributed by atoms with Crippen molar-refractivity contribution in [3.8, 4) is 5.75 Å². The molecule has 0 radical (unpaired) electrons. The van der Waals surface area contributed by atoms with Gasteiger partial charge in [0.25, 0.3) is 0 Å². The normalized spacial score (nSPS) is 17.8. The van der Waals surface area contributed by atoms with Crippen LogP contribution in [0.15, 0.2) is 42.5 Å². The molecule has 4 nitrogen and oxygen atoms in total. The maximum Gasteiger partial charge on any atom is 0.138 e. The third kappa shape index (κ3) is 6.33. The third-order valence-corrected chi connectivity index (χ3v) is 5.16. The molecule has 0 saturated carbocycles. The summed E-state index contributed by atoms with van der Waals surface area (Å²) in [6.07, 6.45) is 1.34. The van der Waals surface area contributed by atoms with Crippen LogP contribution in [0.1, 0.15) is 18.4 Å². The second-order valence-electron chi connectivity index (χ2n) is 6.96. The number of ether oxygens (including phenoxy) is 2. The van der Waals surface area contributed by atoms with Gasteiger partial charge < -0.3 is 14.6 Å². The first-order chi connectivity index (χ1) is 13.5. The minimum absolute atomic E-state index is 0.0701. The van der Waals surface area contributed by atoms with Gasteiger partial charge in [0, 0.05) is 36.8 Å². The minimum atomic E-state index is -0.764. The van der Waals surface area contributed by atoms with Crippen molar-refractivity contribution < 1.29 is 19.0 Å². The van der Waals surface area contributed by atoms with Crippen LogP contribution < -0.4 is 4.74 Å². The van der Waals surface area contributed by atoms with Crippen LogP contribution in [0, 0.1) is 5.82 Å². The molecule has 1 aliphatic rings. The molecule has 7 heteroatoms. The molecule has 1 aliphatic heterocycles. The summed E-state index contributed by atoms with van der Waals surface area (Å²) in [6.45, 7) is 2.18. The fourth-order valence-electron chi connectivity index (χ4n) is 3.28. The van der Waals surface area contributed by atoms with Gasteiger partial charge in [-0.2, -0.15) is 0 Å². The van der Waals surface area contributed by atoms with Crippen LogP contribution >= 0.6 is 23.2 Å². The van der Waals surface area contributed by atoms with Crippen LogP contribution in [0.5, 0.6) is 5.75 Å². The van der Waals surface area contributed by atoms with E-state index in [2.05, 4.69) is 0 Å². The van der Waals surface area contributed by atoms with Crippen molar-refractivity contribution in [3.63, 3.8) is 0 Å². The minimum Gasteiger partial charge on any atom is -0.489 e. The maximum atomic E-state index is 14.1. The molecule has 0 amide bonds. The van der Waals surface area contributed by atoms with Crippen LogP contribution in [0.2, 0.25) is 10.0 Å². The van der Waals surface area contributed by atoms with E-state index in [9.17, 15) is 9.50 Å². The van der Waals surface area contributed by atoms with E-state index in [1.807, 2.05) is 11.0 Å². The molecular formula is C21H24Cl2FNO3. The molecule has 2 atom stereocenters. The Kier molecular flexibility index (Phi) is 7.94. The maximum absolute atomic E-state index is 14.1. The van der Waals surface area contributed by atoms with Crippen LogP contribution in [0.4, 0.5) is 4.39 Å². The highest BCUT2D eigenvalue weighted by atomic mass is 35.5. The number of aliphatic hydroxyl groups excluding tert-OH is 1. The Morgan fingerprint density at radius 2 is 2.07 bits per heavy atom. The molecule has 2 aromatic rings. The number of hydrogen-bond donors (Lipinski definition) is 1. The van der Waals surface area contributed by atoms with E-state index in [0.29, 0.717) is 41.0 Å². The summed E-state index contributed by atoms with van der Waals surface area (Å²) in [6, 6.07) is 11.6. The molecule has 152 valence electrons. The predicted octanol–water partition coefficient (Wildman–Crippen LogP) is 4.55. The lowest BCUT2D eigenvalue weighted by molar-refractivity contribution is 0.0310. The van der Waals surface area contributed by atoms with E-state index in [4.69, 9.17) is 32.7 Å². The zero-order valence-corrected chi connectivity index (χ0v) is 17.0. The Hall–Kier alpha value is -1.37. The summed E-state index contributed by atoms with van der Waals surface area (Å²) in [5.74, 6) is 0.212. The molecule has 1 heterocycles. The monoisotopic (exact) mass is 427 g/mol. The first-order valence-electron chi connectivity index (χ1n) is 9.34. The molecule has 0 spiro atoms. The lowest BCUT2D eigenvalue weighted by atomic mass is 10.1. The van der Waals surface area contributed by atoms with Crippen molar-refractivity contribution in [1.82, 2.24) is 4.90 Å². The highest BCUT2D eigenvalue weighted by molar-refractivity contribution is 6.35. The van der Waals surface area contributed by atoms with Gasteiger partial charge in [0.15, 0.2) is 0 Å². The van der Waals surface area contributed by atoms with Crippen molar-refractivity contribution in [2.75, 3.05) is 26.3 Å². The highest BCUT2D eigenvalue weighted by Gasteiger charge is 2.22. The fraction of sp³-hybridized carbons (Fsp3) is 0.429. The predicted molar refractivity (Wildman–Crippen MR) is 109 cm³/mol. The molecule has 3 rings (SSSR count). The summed E-state index contributed by atoms with van der Waals surface area (Å²) in [4.78, 5) is 2.01. The van der Waals surface area contributed by atoms with Crippen molar-refractivity contribution >= 4 is 23.2 Å². The average molecular weight is 428 g/mol. The van der Waals surface area contributed by atoms with Gasteiger partial charge in [-0.1, -0.05) is 41.4 Å². The van der Waals surface area contributed by atoms with Crippen molar-refractivity contribution in [1.29, 1.82) is 0 Å².